The monoisotopic (exact) mass is 252 g/mol. The summed E-state index contributed by atoms with van der Waals surface area (Å²) in [6.45, 7) is 0. The van der Waals surface area contributed by atoms with Crippen LogP contribution in [0.3, 0.4) is 0 Å². The molecule has 2 aromatic rings. The lowest BCUT2D eigenvalue weighted by molar-refractivity contribution is 0.103. The van der Waals surface area contributed by atoms with Gasteiger partial charge in [0.1, 0.15) is 17.4 Å². The minimum absolute atomic E-state index is 0.0904. The Balaban J connectivity index is 2.28. The number of hydrogen-bond acceptors (Lipinski definition) is 3. The Morgan fingerprint density at radius 1 is 1.32 bits per heavy atom. The molecule has 0 radical (unpaired) electrons. The van der Waals surface area contributed by atoms with E-state index in [1.165, 1.54) is 0 Å². The van der Waals surface area contributed by atoms with Crippen LogP contribution in [-0.4, -0.2) is 17.9 Å². The predicted molar refractivity (Wildman–Crippen MR) is 71.7 cm³/mol. The van der Waals surface area contributed by atoms with E-state index in [1.807, 2.05) is 6.07 Å². The first-order chi connectivity index (χ1) is 9.24. The smallest absolute Gasteiger partial charge is 0.219 e. The van der Waals surface area contributed by atoms with Crippen LogP contribution in [0.15, 0.2) is 48.2 Å². The van der Waals surface area contributed by atoms with E-state index in [0.29, 0.717) is 5.69 Å². The number of H-pyrrole nitrogens is 1. The third-order valence-electron chi connectivity index (χ3n) is 2.63. The number of benzene rings is 1. The molecule has 2 rings (SSSR count). The maximum atomic E-state index is 12.0. The number of carbonyl (C=O) groups is 1. The molecule has 0 atom stereocenters. The fourth-order valence-electron chi connectivity index (χ4n) is 1.63. The maximum Gasteiger partial charge on any atom is 0.219 e. The Labute approximate surface area is 111 Å². The summed E-state index contributed by atoms with van der Waals surface area (Å²) in [5.74, 6) is 0.412. The molecule has 0 saturated carbocycles. The molecule has 4 heteroatoms. The van der Waals surface area contributed by atoms with Gasteiger partial charge in [0.05, 0.1) is 12.8 Å². The second-order valence-corrected chi connectivity index (χ2v) is 3.86. The van der Waals surface area contributed by atoms with E-state index in [1.54, 1.807) is 55.8 Å². The molecule has 19 heavy (non-hydrogen) atoms. The summed E-state index contributed by atoms with van der Waals surface area (Å²) >= 11 is 0. The molecule has 1 aromatic carbocycles. The number of carbonyl (C=O) groups excluding carboxylic acids is 1. The van der Waals surface area contributed by atoms with Crippen LogP contribution >= 0.6 is 0 Å². The molecule has 1 heterocycles. The van der Waals surface area contributed by atoms with Gasteiger partial charge in [-0.05, 0) is 35.9 Å². The number of rotatable bonds is 4. The average Bonchev–Trinajstić information content (AvgIpc) is 2.99. The number of nitrogens with zero attached hydrogens (tertiary/aromatic N) is 1. The van der Waals surface area contributed by atoms with Crippen LogP contribution in [0.5, 0.6) is 5.75 Å². The van der Waals surface area contributed by atoms with Crippen LogP contribution < -0.4 is 4.74 Å². The Hall–Kier alpha value is -2.80. The van der Waals surface area contributed by atoms with E-state index in [9.17, 15) is 4.79 Å². The maximum absolute atomic E-state index is 12.0. The highest BCUT2D eigenvalue weighted by atomic mass is 16.5. The van der Waals surface area contributed by atoms with Crippen LogP contribution in [0.4, 0.5) is 0 Å². The summed E-state index contributed by atoms with van der Waals surface area (Å²) in [4.78, 5) is 14.8. The van der Waals surface area contributed by atoms with Gasteiger partial charge in [-0.25, -0.2) is 0 Å². The minimum atomic E-state index is -0.316. The summed E-state index contributed by atoms with van der Waals surface area (Å²) in [6, 6.07) is 12.4. The van der Waals surface area contributed by atoms with Gasteiger partial charge in [-0.2, -0.15) is 5.26 Å². The SMILES string of the molecule is COc1ccc(/C=C(\C#N)C(=O)c2ccc[nH]2)cc1. The normalized spacial score (nSPS) is 10.8. The molecule has 0 aliphatic heterocycles. The quantitative estimate of drug-likeness (QED) is 0.517. The van der Waals surface area contributed by atoms with Crippen LogP contribution in [-0.2, 0) is 0 Å². The number of ether oxygens (including phenoxy) is 1. The van der Waals surface area contributed by atoms with Gasteiger partial charge in [0.2, 0.25) is 5.78 Å². The molecule has 0 saturated heterocycles. The van der Waals surface area contributed by atoms with Gasteiger partial charge in [-0.1, -0.05) is 12.1 Å². The van der Waals surface area contributed by atoms with Crippen LogP contribution in [0.1, 0.15) is 16.1 Å². The van der Waals surface area contributed by atoms with E-state index >= 15 is 0 Å². The van der Waals surface area contributed by atoms with E-state index in [0.717, 1.165) is 11.3 Å². The Kier molecular flexibility index (Phi) is 3.79. The molecule has 1 aromatic heterocycles. The van der Waals surface area contributed by atoms with Crippen molar-refractivity contribution in [2.45, 2.75) is 0 Å². The van der Waals surface area contributed by atoms with Crippen molar-refractivity contribution in [3.05, 3.63) is 59.4 Å². The van der Waals surface area contributed by atoms with E-state index in [4.69, 9.17) is 10.00 Å². The fraction of sp³-hybridized carbons (Fsp3) is 0.0667. The van der Waals surface area contributed by atoms with Gasteiger partial charge in [0.15, 0.2) is 0 Å². The summed E-state index contributed by atoms with van der Waals surface area (Å²) in [7, 11) is 1.58. The predicted octanol–water partition coefficient (Wildman–Crippen LogP) is 2.81. The summed E-state index contributed by atoms with van der Waals surface area (Å²) in [6.07, 6.45) is 3.21. The number of ketones is 1. The summed E-state index contributed by atoms with van der Waals surface area (Å²) in [5, 5.41) is 9.08. The van der Waals surface area contributed by atoms with Crippen molar-refractivity contribution in [1.82, 2.24) is 4.98 Å². The molecule has 0 amide bonds. The first kappa shape index (κ1) is 12.7. The van der Waals surface area contributed by atoms with Gasteiger partial charge in [0, 0.05) is 6.20 Å². The molecule has 0 aliphatic carbocycles. The zero-order valence-corrected chi connectivity index (χ0v) is 10.4. The van der Waals surface area contributed by atoms with Crippen molar-refractivity contribution in [2.24, 2.45) is 0 Å². The molecule has 0 bridgehead atoms. The minimum Gasteiger partial charge on any atom is -0.497 e. The van der Waals surface area contributed by atoms with Crippen molar-refractivity contribution < 1.29 is 9.53 Å². The molecule has 0 spiro atoms. The van der Waals surface area contributed by atoms with E-state index < -0.39 is 0 Å². The molecule has 94 valence electrons. The van der Waals surface area contributed by atoms with Crippen LogP contribution in [0.2, 0.25) is 0 Å². The number of allylic oxidation sites excluding steroid dienone is 1. The lowest BCUT2D eigenvalue weighted by atomic mass is 10.1. The molecule has 0 fully saturated rings. The van der Waals surface area contributed by atoms with Gasteiger partial charge in [0.25, 0.3) is 0 Å². The van der Waals surface area contributed by atoms with Crippen molar-refractivity contribution >= 4 is 11.9 Å². The first-order valence-electron chi connectivity index (χ1n) is 5.68. The first-order valence-corrected chi connectivity index (χ1v) is 5.68. The number of Topliss-reactive ketones (excluding diaryl/α,β-unsaturated/α-hetero) is 1. The highest BCUT2D eigenvalue weighted by Gasteiger charge is 2.12. The second-order valence-electron chi connectivity index (χ2n) is 3.86. The number of hydrogen-bond donors (Lipinski definition) is 1. The van der Waals surface area contributed by atoms with Crippen molar-refractivity contribution in [1.29, 1.82) is 5.26 Å². The Bertz CT molecular complexity index is 632. The zero-order chi connectivity index (χ0) is 13.7. The second kappa shape index (κ2) is 5.69. The third-order valence-corrected chi connectivity index (χ3v) is 2.63. The Morgan fingerprint density at radius 3 is 2.58 bits per heavy atom. The Morgan fingerprint density at radius 2 is 2.05 bits per heavy atom. The number of aromatic amines is 1. The molecular formula is C15H12N2O2. The largest absolute Gasteiger partial charge is 0.497 e. The van der Waals surface area contributed by atoms with Gasteiger partial charge in [-0.3, -0.25) is 4.79 Å². The standard InChI is InChI=1S/C15H12N2O2/c1-19-13-6-4-11(5-7-13)9-12(10-16)15(18)14-3-2-8-17-14/h2-9,17H,1H3/b12-9+. The number of aromatic nitrogens is 1. The molecule has 1 N–H and O–H groups in total. The fourth-order valence-corrected chi connectivity index (χ4v) is 1.63. The van der Waals surface area contributed by atoms with E-state index in [-0.39, 0.29) is 11.4 Å². The highest BCUT2D eigenvalue weighted by molar-refractivity contribution is 6.13. The highest BCUT2D eigenvalue weighted by Crippen LogP contribution is 2.15. The van der Waals surface area contributed by atoms with Crippen LogP contribution in [0, 0.1) is 11.3 Å². The number of nitrogens with one attached hydrogen (secondary N) is 1. The zero-order valence-electron chi connectivity index (χ0n) is 10.4. The summed E-state index contributed by atoms with van der Waals surface area (Å²) in [5.41, 5.74) is 1.27. The molecule has 0 aliphatic rings. The molecule has 0 unspecified atom stereocenters. The van der Waals surface area contributed by atoms with Crippen molar-refractivity contribution in [2.75, 3.05) is 7.11 Å². The van der Waals surface area contributed by atoms with Gasteiger partial charge in [-0.15, -0.1) is 0 Å². The average molecular weight is 252 g/mol. The van der Waals surface area contributed by atoms with Crippen molar-refractivity contribution in [3.63, 3.8) is 0 Å². The summed E-state index contributed by atoms with van der Waals surface area (Å²) < 4.78 is 5.05. The lowest BCUT2D eigenvalue weighted by Crippen LogP contribution is -2.02. The third kappa shape index (κ3) is 2.90. The molecular weight excluding hydrogens is 240 g/mol. The van der Waals surface area contributed by atoms with Gasteiger partial charge >= 0.3 is 0 Å². The number of methoxy groups -OCH3 is 1. The lowest BCUT2D eigenvalue weighted by Gasteiger charge is -2.00. The van der Waals surface area contributed by atoms with Crippen LogP contribution in [0.25, 0.3) is 6.08 Å². The topological polar surface area (TPSA) is 65.9 Å². The van der Waals surface area contributed by atoms with Gasteiger partial charge < -0.3 is 9.72 Å². The van der Waals surface area contributed by atoms with E-state index in [2.05, 4.69) is 4.98 Å². The number of nitriles is 1. The molecule has 4 nitrogen and oxygen atoms in total. The van der Waals surface area contributed by atoms with Crippen molar-refractivity contribution in [3.8, 4) is 11.8 Å².